The number of piperidine rings is 2. The fourth-order valence-electron chi connectivity index (χ4n) is 7.19. The van der Waals surface area contributed by atoms with Gasteiger partial charge in [-0.2, -0.15) is 0 Å². The molecule has 1 aromatic carbocycles. The summed E-state index contributed by atoms with van der Waals surface area (Å²) in [6, 6.07) is 8.75. The van der Waals surface area contributed by atoms with Gasteiger partial charge in [-0.15, -0.1) is 11.3 Å². The zero-order valence-electron chi connectivity index (χ0n) is 28.8. The molecule has 5 heterocycles. The Labute approximate surface area is 291 Å². The zero-order valence-corrected chi connectivity index (χ0v) is 29.7. The van der Waals surface area contributed by atoms with E-state index >= 15 is 0 Å². The highest BCUT2D eigenvalue weighted by Crippen LogP contribution is 2.34. The molecule has 3 aliphatic heterocycles. The summed E-state index contributed by atoms with van der Waals surface area (Å²) in [5.74, 6) is -0.326. The second-order valence-electron chi connectivity index (χ2n) is 13.9. The SMILES string of the molecule is Cc1ncsc1-c1ccc([C@H](C)NC(=O)[C@@H]2C[C@@H](O)CN2C(=O)[C@@H](c2cc(N3CCC(OC(=O)N4CCCCC4)CC3)no2)C(C)C)cc1. The molecule has 0 aliphatic carbocycles. The summed E-state index contributed by atoms with van der Waals surface area (Å²) in [6.07, 6.45) is 3.58. The van der Waals surface area contributed by atoms with Crippen molar-refractivity contribution in [1.29, 1.82) is 0 Å². The number of nitrogens with zero attached hydrogens (tertiary/aromatic N) is 5. The number of thiazole rings is 1. The Bertz CT molecular complexity index is 1590. The Morgan fingerprint density at radius 2 is 1.76 bits per heavy atom. The monoisotopic (exact) mass is 692 g/mol. The van der Waals surface area contributed by atoms with E-state index in [0.29, 0.717) is 37.5 Å². The van der Waals surface area contributed by atoms with Gasteiger partial charge in [0.1, 0.15) is 18.1 Å². The lowest BCUT2D eigenvalue weighted by molar-refractivity contribution is -0.141. The smallest absolute Gasteiger partial charge is 0.410 e. The van der Waals surface area contributed by atoms with Crippen LogP contribution in [0.2, 0.25) is 0 Å². The topological polar surface area (TPSA) is 141 Å². The number of amides is 3. The summed E-state index contributed by atoms with van der Waals surface area (Å²) in [5, 5.41) is 18.0. The van der Waals surface area contributed by atoms with E-state index in [-0.39, 0.29) is 48.9 Å². The number of aryl methyl sites for hydroxylation is 1. The molecule has 6 rings (SSSR count). The highest BCUT2D eigenvalue weighted by molar-refractivity contribution is 7.13. The normalized spacial score (nSPS) is 21.6. The van der Waals surface area contributed by atoms with Crippen LogP contribution in [0, 0.1) is 12.8 Å². The molecule has 3 aliphatic rings. The molecular weight excluding hydrogens is 644 g/mol. The lowest BCUT2D eigenvalue weighted by Crippen LogP contribution is -2.48. The first-order valence-electron chi connectivity index (χ1n) is 17.6. The maximum atomic E-state index is 14.1. The van der Waals surface area contributed by atoms with Gasteiger partial charge in [-0.3, -0.25) is 9.59 Å². The van der Waals surface area contributed by atoms with Crippen molar-refractivity contribution in [1.82, 2.24) is 25.3 Å². The van der Waals surface area contributed by atoms with Gasteiger partial charge < -0.3 is 34.4 Å². The predicted octanol–water partition coefficient (Wildman–Crippen LogP) is 5.28. The van der Waals surface area contributed by atoms with Crippen LogP contribution in [0.4, 0.5) is 10.6 Å². The number of hydrogen-bond donors (Lipinski definition) is 2. The van der Waals surface area contributed by atoms with Gasteiger partial charge in [0.05, 0.1) is 28.2 Å². The summed E-state index contributed by atoms with van der Waals surface area (Å²) >= 11 is 1.59. The van der Waals surface area contributed by atoms with E-state index in [1.165, 1.54) is 4.90 Å². The average molecular weight is 693 g/mol. The minimum absolute atomic E-state index is 0.0715. The molecule has 12 nitrogen and oxygen atoms in total. The van der Waals surface area contributed by atoms with E-state index in [1.54, 1.807) is 16.2 Å². The van der Waals surface area contributed by atoms with Crippen molar-refractivity contribution in [2.45, 2.75) is 96.4 Å². The highest BCUT2D eigenvalue weighted by Gasteiger charge is 2.43. The maximum absolute atomic E-state index is 14.1. The fraction of sp³-hybridized carbons (Fsp3) is 0.583. The van der Waals surface area contributed by atoms with Crippen LogP contribution >= 0.6 is 11.3 Å². The van der Waals surface area contributed by atoms with Gasteiger partial charge in [0, 0.05) is 58.1 Å². The minimum atomic E-state index is -0.806. The molecular formula is C36H48N6O6S. The molecule has 264 valence electrons. The number of benzene rings is 1. The summed E-state index contributed by atoms with van der Waals surface area (Å²) in [5.41, 5.74) is 4.83. The first kappa shape index (κ1) is 34.9. The van der Waals surface area contributed by atoms with Gasteiger partial charge in [-0.05, 0) is 50.2 Å². The molecule has 49 heavy (non-hydrogen) atoms. The third kappa shape index (κ3) is 7.93. The van der Waals surface area contributed by atoms with E-state index in [2.05, 4.69) is 20.4 Å². The molecule has 3 aromatic rings. The van der Waals surface area contributed by atoms with Gasteiger partial charge in [0.2, 0.25) is 11.8 Å². The quantitative estimate of drug-likeness (QED) is 0.307. The number of rotatable bonds is 9. The van der Waals surface area contributed by atoms with Crippen LogP contribution in [-0.2, 0) is 14.3 Å². The Morgan fingerprint density at radius 3 is 2.41 bits per heavy atom. The predicted molar refractivity (Wildman–Crippen MR) is 186 cm³/mol. The third-order valence-corrected chi connectivity index (χ3v) is 11.0. The number of ether oxygens (including phenoxy) is 1. The molecule has 3 saturated heterocycles. The van der Waals surface area contributed by atoms with Gasteiger partial charge >= 0.3 is 6.09 Å². The Morgan fingerprint density at radius 1 is 1.04 bits per heavy atom. The van der Waals surface area contributed by atoms with Gasteiger partial charge in [-0.25, -0.2) is 9.78 Å². The van der Waals surface area contributed by atoms with Crippen LogP contribution in [0.25, 0.3) is 10.4 Å². The van der Waals surface area contributed by atoms with E-state index in [1.807, 2.05) is 63.5 Å². The average Bonchev–Trinajstić information content (AvgIpc) is 3.85. The molecule has 4 atom stereocenters. The second kappa shape index (κ2) is 15.3. The number of aliphatic hydroxyl groups is 1. The van der Waals surface area contributed by atoms with Crippen LogP contribution in [0.3, 0.4) is 0 Å². The first-order chi connectivity index (χ1) is 23.6. The fourth-order valence-corrected chi connectivity index (χ4v) is 8.00. The Kier molecular flexibility index (Phi) is 10.9. The third-order valence-electron chi connectivity index (χ3n) is 10.0. The Balaban J connectivity index is 1.07. The van der Waals surface area contributed by atoms with Gasteiger partial charge in [0.15, 0.2) is 11.6 Å². The molecule has 0 saturated carbocycles. The van der Waals surface area contributed by atoms with Gasteiger partial charge in [-0.1, -0.05) is 43.3 Å². The van der Waals surface area contributed by atoms with E-state index < -0.39 is 18.1 Å². The van der Waals surface area contributed by atoms with Crippen molar-refractivity contribution >= 4 is 35.1 Å². The molecule has 2 aromatic heterocycles. The van der Waals surface area contributed by atoms with Gasteiger partial charge in [0.25, 0.3) is 0 Å². The highest BCUT2D eigenvalue weighted by atomic mass is 32.1. The van der Waals surface area contributed by atoms with Crippen LogP contribution in [0.1, 0.15) is 88.3 Å². The molecule has 0 spiro atoms. The van der Waals surface area contributed by atoms with Crippen molar-refractivity contribution < 1.29 is 28.8 Å². The number of anilines is 1. The Hall–Kier alpha value is -3.97. The maximum Gasteiger partial charge on any atom is 0.410 e. The van der Waals surface area contributed by atoms with Crippen molar-refractivity contribution in [2.24, 2.45) is 5.92 Å². The summed E-state index contributed by atoms with van der Waals surface area (Å²) in [4.78, 5) is 51.1. The lowest BCUT2D eigenvalue weighted by Gasteiger charge is -2.33. The zero-order chi connectivity index (χ0) is 34.7. The summed E-state index contributed by atoms with van der Waals surface area (Å²) in [7, 11) is 0. The molecule has 3 fully saturated rings. The number of carbonyl (C=O) groups is 3. The van der Waals surface area contributed by atoms with Crippen LogP contribution in [-0.4, -0.2) is 93.9 Å². The number of aromatic nitrogens is 2. The molecule has 3 amide bonds. The molecule has 0 radical (unpaired) electrons. The molecule has 13 heteroatoms. The molecule has 0 bridgehead atoms. The van der Waals surface area contributed by atoms with Crippen LogP contribution < -0.4 is 10.2 Å². The number of likely N-dealkylation sites (tertiary alicyclic amines) is 2. The summed E-state index contributed by atoms with van der Waals surface area (Å²) < 4.78 is 11.6. The van der Waals surface area contributed by atoms with E-state index in [9.17, 15) is 19.5 Å². The van der Waals surface area contributed by atoms with Crippen LogP contribution in [0.5, 0.6) is 0 Å². The number of carbonyl (C=O) groups excluding carboxylic acids is 3. The van der Waals surface area contributed by atoms with Crippen molar-refractivity contribution in [3.05, 3.63) is 52.9 Å². The largest absolute Gasteiger partial charge is 0.446 e. The second-order valence-corrected chi connectivity index (χ2v) is 14.8. The summed E-state index contributed by atoms with van der Waals surface area (Å²) in [6.45, 7) is 10.7. The number of aliphatic hydroxyl groups excluding tert-OH is 1. The molecule has 2 N–H and O–H groups in total. The minimum Gasteiger partial charge on any atom is -0.446 e. The number of nitrogens with one attached hydrogen (secondary N) is 1. The van der Waals surface area contributed by atoms with Crippen LogP contribution in [0.15, 0.2) is 40.4 Å². The van der Waals surface area contributed by atoms with Crippen molar-refractivity contribution in [3.8, 4) is 10.4 Å². The standard InChI is InChI=1S/C36H48N6O6S/c1-22(2)32(30-19-31(39-48-30)40-16-12-28(13-17-40)47-36(46)41-14-6-5-7-15-41)35(45)42-20-27(43)18-29(42)34(44)38-23(3)25-8-10-26(11-9-25)33-24(4)37-21-49-33/h8-11,19,21-23,27-29,32,43H,5-7,12-18,20H2,1-4H3,(H,38,44)/t23-,27+,29-,32+/m0/s1. The number of β-amino-alcohol motifs (C(OH)–C–C–N with tert-alkyl or cyclic N) is 1. The number of hydrogen-bond acceptors (Lipinski definition) is 10. The van der Waals surface area contributed by atoms with Crippen molar-refractivity contribution in [2.75, 3.05) is 37.6 Å². The molecule has 0 unspecified atom stereocenters. The first-order valence-corrected chi connectivity index (χ1v) is 18.4. The van der Waals surface area contributed by atoms with E-state index in [4.69, 9.17) is 9.26 Å². The lowest BCUT2D eigenvalue weighted by atomic mass is 9.91. The van der Waals surface area contributed by atoms with Crippen molar-refractivity contribution in [3.63, 3.8) is 0 Å². The van der Waals surface area contributed by atoms with E-state index in [0.717, 1.165) is 54.0 Å².